The minimum atomic E-state index is -0.150. The summed E-state index contributed by atoms with van der Waals surface area (Å²) in [6.07, 6.45) is 0. The van der Waals surface area contributed by atoms with Crippen molar-refractivity contribution in [3.8, 4) is 0 Å². The van der Waals surface area contributed by atoms with Crippen LogP contribution < -0.4 is 5.73 Å². The van der Waals surface area contributed by atoms with Crippen LogP contribution in [0.15, 0.2) is 42.5 Å². The summed E-state index contributed by atoms with van der Waals surface area (Å²) in [5.74, 6) is 0. The van der Waals surface area contributed by atoms with Gasteiger partial charge in [-0.05, 0) is 30.2 Å². The van der Waals surface area contributed by atoms with Crippen molar-refractivity contribution < 1.29 is 0 Å². The first-order valence-corrected chi connectivity index (χ1v) is 7.15. The van der Waals surface area contributed by atoms with E-state index in [1.165, 1.54) is 15.6 Å². The fourth-order valence-electron chi connectivity index (χ4n) is 2.29. The summed E-state index contributed by atoms with van der Waals surface area (Å²) < 4.78 is 0. The number of nitrogens with zero attached hydrogens (tertiary/aromatic N) is 1. The highest BCUT2D eigenvalue weighted by Crippen LogP contribution is 2.30. The molecule has 0 fully saturated rings. The Morgan fingerprint density at radius 1 is 1.05 bits per heavy atom. The van der Waals surface area contributed by atoms with Gasteiger partial charge in [-0.25, -0.2) is 4.98 Å². The summed E-state index contributed by atoms with van der Waals surface area (Å²) >= 11 is 1.69. The largest absolute Gasteiger partial charge is 0.318 e. The van der Waals surface area contributed by atoms with Crippen LogP contribution in [-0.4, -0.2) is 4.98 Å². The monoisotopic (exact) mass is 268 g/mol. The molecular formula is C16H16N2S. The van der Waals surface area contributed by atoms with Crippen molar-refractivity contribution in [3.63, 3.8) is 0 Å². The van der Waals surface area contributed by atoms with Crippen molar-refractivity contribution in [1.29, 1.82) is 0 Å². The Balaban J connectivity index is 2.13. The van der Waals surface area contributed by atoms with Gasteiger partial charge < -0.3 is 5.73 Å². The van der Waals surface area contributed by atoms with Crippen LogP contribution in [0.4, 0.5) is 0 Å². The normalized spacial score (nSPS) is 12.8. The molecule has 0 amide bonds. The van der Waals surface area contributed by atoms with Gasteiger partial charge in [-0.2, -0.15) is 0 Å². The zero-order valence-corrected chi connectivity index (χ0v) is 11.9. The number of benzene rings is 2. The van der Waals surface area contributed by atoms with Crippen molar-refractivity contribution in [2.75, 3.05) is 0 Å². The fourth-order valence-corrected chi connectivity index (χ4v) is 3.23. The second-order valence-corrected chi connectivity index (χ2v) is 5.97. The molecule has 1 aromatic heterocycles. The molecule has 2 nitrogen and oxygen atoms in total. The molecule has 3 heteroatoms. The van der Waals surface area contributed by atoms with Gasteiger partial charge >= 0.3 is 0 Å². The van der Waals surface area contributed by atoms with Gasteiger partial charge in [-0.1, -0.05) is 42.5 Å². The highest BCUT2D eigenvalue weighted by Gasteiger charge is 2.16. The molecule has 0 bridgehead atoms. The van der Waals surface area contributed by atoms with Crippen LogP contribution in [0.5, 0.6) is 0 Å². The van der Waals surface area contributed by atoms with E-state index >= 15 is 0 Å². The van der Waals surface area contributed by atoms with Crippen molar-refractivity contribution in [1.82, 2.24) is 4.98 Å². The van der Waals surface area contributed by atoms with Crippen LogP contribution in [0.2, 0.25) is 0 Å². The summed E-state index contributed by atoms with van der Waals surface area (Å²) in [5, 5.41) is 3.43. The van der Waals surface area contributed by atoms with Gasteiger partial charge in [0.2, 0.25) is 0 Å². The Morgan fingerprint density at radius 2 is 1.79 bits per heavy atom. The number of aryl methyl sites for hydroxylation is 2. The molecule has 19 heavy (non-hydrogen) atoms. The van der Waals surface area contributed by atoms with Gasteiger partial charge in [0, 0.05) is 4.88 Å². The summed E-state index contributed by atoms with van der Waals surface area (Å²) in [7, 11) is 0. The van der Waals surface area contributed by atoms with Crippen LogP contribution in [0, 0.1) is 13.8 Å². The zero-order valence-electron chi connectivity index (χ0n) is 11.1. The lowest BCUT2D eigenvalue weighted by molar-refractivity contribution is 0.860. The molecule has 1 heterocycles. The Morgan fingerprint density at radius 3 is 2.53 bits per heavy atom. The summed E-state index contributed by atoms with van der Waals surface area (Å²) in [4.78, 5) is 5.83. The van der Waals surface area contributed by atoms with E-state index in [2.05, 4.69) is 54.4 Å². The van der Waals surface area contributed by atoms with Crippen LogP contribution in [0.1, 0.15) is 27.2 Å². The van der Waals surface area contributed by atoms with Gasteiger partial charge in [-0.3, -0.25) is 0 Å². The van der Waals surface area contributed by atoms with E-state index in [0.717, 1.165) is 16.3 Å². The lowest BCUT2D eigenvalue weighted by Crippen LogP contribution is -2.12. The number of aromatic nitrogens is 1. The molecule has 0 radical (unpaired) electrons. The first-order chi connectivity index (χ1) is 9.16. The minimum absolute atomic E-state index is 0.150. The molecule has 3 rings (SSSR count). The summed E-state index contributed by atoms with van der Waals surface area (Å²) in [5.41, 5.74) is 8.64. The van der Waals surface area contributed by atoms with Gasteiger partial charge in [-0.15, -0.1) is 11.3 Å². The van der Waals surface area contributed by atoms with Crippen molar-refractivity contribution in [2.24, 2.45) is 5.73 Å². The average molecular weight is 268 g/mol. The maximum Gasteiger partial charge on any atom is 0.114 e. The SMILES string of the molecule is Cc1nc(C(N)c2cccc3ccccc23)sc1C. The number of hydrogen-bond donors (Lipinski definition) is 1. The Labute approximate surface area is 116 Å². The predicted octanol–water partition coefficient (Wildman–Crippen LogP) is 3.96. The number of thiazole rings is 1. The van der Waals surface area contributed by atoms with Gasteiger partial charge in [0.05, 0.1) is 11.7 Å². The van der Waals surface area contributed by atoms with Gasteiger partial charge in [0.25, 0.3) is 0 Å². The predicted molar refractivity (Wildman–Crippen MR) is 81.6 cm³/mol. The van der Waals surface area contributed by atoms with Gasteiger partial charge in [0.15, 0.2) is 0 Å². The molecule has 3 aromatic rings. The fraction of sp³-hybridized carbons (Fsp3) is 0.188. The van der Waals surface area contributed by atoms with Crippen LogP contribution >= 0.6 is 11.3 Å². The second-order valence-electron chi connectivity index (χ2n) is 4.74. The lowest BCUT2D eigenvalue weighted by Gasteiger charge is -2.12. The topological polar surface area (TPSA) is 38.9 Å². The van der Waals surface area contributed by atoms with E-state index in [0.29, 0.717) is 0 Å². The Bertz CT molecular complexity index is 706. The molecule has 1 unspecified atom stereocenters. The molecule has 0 spiro atoms. The molecule has 0 saturated heterocycles. The molecule has 0 saturated carbocycles. The molecule has 96 valence electrons. The Hall–Kier alpha value is -1.71. The third kappa shape index (κ3) is 2.15. The van der Waals surface area contributed by atoms with Crippen molar-refractivity contribution >= 4 is 22.1 Å². The minimum Gasteiger partial charge on any atom is -0.318 e. The molecule has 2 N–H and O–H groups in total. The molecule has 1 atom stereocenters. The lowest BCUT2D eigenvalue weighted by atomic mass is 9.99. The van der Waals surface area contributed by atoms with Gasteiger partial charge in [0.1, 0.15) is 5.01 Å². The van der Waals surface area contributed by atoms with E-state index in [9.17, 15) is 0 Å². The van der Waals surface area contributed by atoms with E-state index in [4.69, 9.17) is 5.73 Å². The number of hydrogen-bond acceptors (Lipinski definition) is 3. The summed E-state index contributed by atoms with van der Waals surface area (Å²) in [6.45, 7) is 4.12. The highest BCUT2D eigenvalue weighted by molar-refractivity contribution is 7.11. The van der Waals surface area contributed by atoms with Crippen LogP contribution in [0.25, 0.3) is 10.8 Å². The first kappa shape index (κ1) is 12.3. The van der Waals surface area contributed by atoms with E-state index < -0.39 is 0 Å². The molecule has 0 aliphatic carbocycles. The third-order valence-electron chi connectivity index (χ3n) is 3.47. The molecule has 0 aliphatic rings. The van der Waals surface area contributed by atoms with E-state index in [-0.39, 0.29) is 6.04 Å². The molecule has 2 aromatic carbocycles. The standard InChI is InChI=1S/C16H16N2S/c1-10-11(2)19-16(18-10)15(17)14-9-5-7-12-6-3-4-8-13(12)14/h3-9,15H,17H2,1-2H3. The second kappa shape index (κ2) is 4.76. The number of fused-ring (bicyclic) bond motifs is 1. The van der Waals surface area contributed by atoms with Crippen molar-refractivity contribution in [2.45, 2.75) is 19.9 Å². The van der Waals surface area contributed by atoms with Crippen molar-refractivity contribution in [3.05, 3.63) is 63.6 Å². The van der Waals surface area contributed by atoms with Crippen LogP contribution in [0.3, 0.4) is 0 Å². The smallest absolute Gasteiger partial charge is 0.114 e. The maximum atomic E-state index is 6.41. The van der Waals surface area contributed by atoms with Crippen LogP contribution in [-0.2, 0) is 0 Å². The van der Waals surface area contributed by atoms with E-state index in [1.54, 1.807) is 11.3 Å². The third-order valence-corrected chi connectivity index (χ3v) is 4.63. The quantitative estimate of drug-likeness (QED) is 0.764. The first-order valence-electron chi connectivity index (χ1n) is 6.34. The Kier molecular flexibility index (Phi) is 3.09. The number of nitrogens with two attached hydrogens (primary N) is 1. The molecule has 0 aliphatic heterocycles. The molecular weight excluding hydrogens is 252 g/mol. The number of rotatable bonds is 2. The average Bonchev–Trinajstić information content (AvgIpc) is 2.77. The highest BCUT2D eigenvalue weighted by atomic mass is 32.1. The maximum absolute atomic E-state index is 6.41. The zero-order chi connectivity index (χ0) is 13.4. The van der Waals surface area contributed by atoms with E-state index in [1.807, 2.05) is 6.92 Å². The summed E-state index contributed by atoms with van der Waals surface area (Å²) in [6, 6.07) is 14.5.